The van der Waals surface area contributed by atoms with E-state index in [-0.39, 0.29) is 0 Å². The summed E-state index contributed by atoms with van der Waals surface area (Å²) in [5.41, 5.74) is 3.18. The lowest BCUT2D eigenvalue weighted by Crippen LogP contribution is -1.89. The molecule has 0 saturated heterocycles. The Morgan fingerprint density at radius 3 is 2.89 bits per heavy atom. The Labute approximate surface area is 105 Å². The molecule has 0 amide bonds. The summed E-state index contributed by atoms with van der Waals surface area (Å²) in [4.78, 5) is 7.37. The number of aromatic nitrogens is 2. The number of nitrogens with one attached hydrogen (secondary N) is 1. The molecule has 1 aromatic carbocycles. The van der Waals surface area contributed by atoms with E-state index in [9.17, 15) is 0 Å². The highest BCUT2D eigenvalue weighted by Crippen LogP contribution is 2.27. The van der Waals surface area contributed by atoms with Crippen LogP contribution in [0.15, 0.2) is 42.7 Å². The van der Waals surface area contributed by atoms with Crippen LogP contribution in [-0.4, -0.2) is 9.97 Å². The van der Waals surface area contributed by atoms with Crippen LogP contribution >= 0.6 is 0 Å². The molecule has 0 radical (unpaired) electrons. The van der Waals surface area contributed by atoms with E-state index in [0.717, 1.165) is 28.1 Å². The first-order chi connectivity index (χ1) is 8.72. The van der Waals surface area contributed by atoms with Crippen molar-refractivity contribution in [1.82, 2.24) is 9.97 Å². The van der Waals surface area contributed by atoms with Crippen LogP contribution in [-0.2, 0) is 0 Å². The number of fused-ring (bicyclic) bond motifs is 1. The zero-order valence-corrected chi connectivity index (χ0v) is 10.4. The number of benzene rings is 1. The van der Waals surface area contributed by atoms with Crippen LogP contribution in [0.5, 0.6) is 11.5 Å². The molecule has 0 fully saturated rings. The standard InChI is InChI=1S/C15H14N2O/c1-10-3-4-11(2)14(7-10)18-13-8-12-5-6-16-15(12)17-9-13/h3-9H,1-2H3,(H,16,17). The molecule has 1 N–H and O–H groups in total. The Morgan fingerprint density at radius 1 is 1.11 bits per heavy atom. The van der Waals surface area contributed by atoms with Crippen LogP contribution < -0.4 is 4.74 Å². The van der Waals surface area contributed by atoms with E-state index in [4.69, 9.17) is 4.74 Å². The maximum absolute atomic E-state index is 5.89. The van der Waals surface area contributed by atoms with Gasteiger partial charge in [0.2, 0.25) is 0 Å². The molecule has 90 valence electrons. The van der Waals surface area contributed by atoms with Gasteiger partial charge in [-0.1, -0.05) is 12.1 Å². The quantitative estimate of drug-likeness (QED) is 0.733. The number of ether oxygens (including phenoxy) is 1. The van der Waals surface area contributed by atoms with Crippen molar-refractivity contribution in [2.24, 2.45) is 0 Å². The number of H-pyrrole nitrogens is 1. The zero-order valence-electron chi connectivity index (χ0n) is 10.4. The second-order valence-corrected chi connectivity index (χ2v) is 4.46. The van der Waals surface area contributed by atoms with E-state index in [1.54, 1.807) is 6.20 Å². The first-order valence-electron chi connectivity index (χ1n) is 5.90. The summed E-state index contributed by atoms with van der Waals surface area (Å²) in [5, 5.41) is 1.05. The Morgan fingerprint density at radius 2 is 2.00 bits per heavy atom. The predicted molar refractivity (Wildman–Crippen MR) is 72.1 cm³/mol. The minimum atomic E-state index is 0.760. The summed E-state index contributed by atoms with van der Waals surface area (Å²) < 4.78 is 5.89. The van der Waals surface area contributed by atoms with Crippen molar-refractivity contribution in [3.05, 3.63) is 53.9 Å². The summed E-state index contributed by atoms with van der Waals surface area (Å²) >= 11 is 0. The number of hydrogen-bond donors (Lipinski definition) is 1. The van der Waals surface area contributed by atoms with E-state index >= 15 is 0 Å². The van der Waals surface area contributed by atoms with Gasteiger partial charge in [-0.2, -0.15) is 0 Å². The number of rotatable bonds is 2. The van der Waals surface area contributed by atoms with Crippen LogP contribution in [0.4, 0.5) is 0 Å². The molecular weight excluding hydrogens is 224 g/mol. The van der Waals surface area contributed by atoms with Gasteiger partial charge in [0, 0.05) is 11.6 Å². The molecule has 0 spiro atoms. The van der Waals surface area contributed by atoms with Crippen molar-refractivity contribution in [2.75, 3.05) is 0 Å². The first-order valence-corrected chi connectivity index (χ1v) is 5.90. The molecule has 2 aromatic heterocycles. The molecule has 0 aliphatic rings. The lowest BCUT2D eigenvalue weighted by molar-refractivity contribution is 0.477. The Balaban J connectivity index is 1.97. The van der Waals surface area contributed by atoms with Crippen molar-refractivity contribution >= 4 is 11.0 Å². The topological polar surface area (TPSA) is 37.9 Å². The van der Waals surface area contributed by atoms with Gasteiger partial charge >= 0.3 is 0 Å². The molecular formula is C15H14N2O. The van der Waals surface area contributed by atoms with Gasteiger partial charge in [0.1, 0.15) is 17.1 Å². The average molecular weight is 238 g/mol. The summed E-state index contributed by atoms with van der Waals surface area (Å²) in [6, 6.07) is 10.2. The fourth-order valence-electron chi connectivity index (χ4n) is 1.92. The molecule has 3 heteroatoms. The molecule has 0 atom stereocenters. The zero-order chi connectivity index (χ0) is 12.5. The van der Waals surface area contributed by atoms with E-state index in [1.807, 2.05) is 31.3 Å². The molecule has 3 nitrogen and oxygen atoms in total. The molecule has 3 rings (SSSR count). The van der Waals surface area contributed by atoms with Crippen LogP contribution in [0, 0.1) is 13.8 Å². The van der Waals surface area contributed by atoms with Gasteiger partial charge in [-0.05, 0) is 43.2 Å². The minimum absolute atomic E-state index is 0.760. The van der Waals surface area contributed by atoms with Gasteiger partial charge in [-0.3, -0.25) is 0 Å². The van der Waals surface area contributed by atoms with E-state index in [1.165, 1.54) is 5.56 Å². The summed E-state index contributed by atoms with van der Waals surface area (Å²) in [7, 11) is 0. The van der Waals surface area contributed by atoms with Gasteiger partial charge in [0.15, 0.2) is 0 Å². The first kappa shape index (κ1) is 10.8. The highest BCUT2D eigenvalue weighted by atomic mass is 16.5. The highest BCUT2D eigenvalue weighted by molar-refractivity contribution is 5.76. The van der Waals surface area contributed by atoms with Crippen molar-refractivity contribution < 1.29 is 4.74 Å². The lowest BCUT2D eigenvalue weighted by Gasteiger charge is -2.09. The predicted octanol–water partition coefficient (Wildman–Crippen LogP) is 3.97. The summed E-state index contributed by atoms with van der Waals surface area (Å²) in [5.74, 6) is 1.64. The third-order valence-corrected chi connectivity index (χ3v) is 2.95. The van der Waals surface area contributed by atoms with Gasteiger partial charge in [0.25, 0.3) is 0 Å². The Kier molecular flexibility index (Phi) is 2.52. The van der Waals surface area contributed by atoms with Gasteiger partial charge in [-0.25, -0.2) is 4.98 Å². The smallest absolute Gasteiger partial charge is 0.146 e. The van der Waals surface area contributed by atoms with Crippen molar-refractivity contribution in [1.29, 1.82) is 0 Å². The van der Waals surface area contributed by atoms with Crippen LogP contribution in [0.2, 0.25) is 0 Å². The van der Waals surface area contributed by atoms with Crippen molar-refractivity contribution in [2.45, 2.75) is 13.8 Å². The molecule has 0 bridgehead atoms. The third kappa shape index (κ3) is 1.95. The van der Waals surface area contributed by atoms with Crippen LogP contribution in [0.3, 0.4) is 0 Å². The van der Waals surface area contributed by atoms with Crippen LogP contribution in [0.25, 0.3) is 11.0 Å². The fraction of sp³-hybridized carbons (Fsp3) is 0.133. The van der Waals surface area contributed by atoms with E-state index < -0.39 is 0 Å². The molecule has 3 aromatic rings. The largest absolute Gasteiger partial charge is 0.455 e. The monoisotopic (exact) mass is 238 g/mol. The Bertz CT molecular complexity index is 701. The van der Waals surface area contributed by atoms with E-state index in [2.05, 4.69) is 29.0 Å². The molecule has 18 heavy (non-hydrogen) atoms. The second-order valence-electron chi connectivity index (χ2n) is 4.46. The SMILES string of the molecule is Cc1ccc(C)c(Oc2cnc3[nH]ccc3c2)c1. The lowest BCUT2D eigenvalue weighted by atomic mass is 10.1. The molecule has 0 saturated carbocycles. The summed E-state index contributed by atoms with van der Waals surface area (Å²) in [6.45, 7) is 4.09. The molecule has 0 aliphatic carbocycles. The van der Waals surface area contributed by atoms with Gasteiger partial charge in [0.05, 0.1) is 6.20 Å². The average Bonchev–Trinajstić information content (AvgIpc) is 2.81. The number of aromatic amines is 1. The van der Waals surface area contributed by atoms with Crippen molar-refractivity contribution in [3.63, 3.8) is 0 Å². The molecule has 2 heterocycles. The normalized spacial score (nSPS) is 10.8. The molecule has 0 aliphatic heterocycles. The number of hydrogen-bond acceptors (Lipinski definition) is 2. The molecule has 0 unspecified atom stereocenters. The fourth-order valence-corrected chi connectivity index (χ4v) is 1.92. The number of nitrogens with zero attached hydrogens (tertiary/aromatic N) is 1. The van der Waals surface area contributed by atoms with Gasteiger partial charge in [-0.15, -0.1) is 0 Å². The number of aryl methyl sites for hydroxylation is 2. The van der Waals surface area contributed by atoms with Gasteiger partial charge < -0.3 is 9.72 Å². The van der Waals surface area contributed by atoms with Crippen molar-refractivity contribution in [3.8, 4) is 11.5 Å². The Hall–Kier alpha value is -2.29. The van der Waals surface area contributed by atoms with E-state index in [0.29, 0.717) is 0 Å². The second kappa shape index (κ2) is 4.18. The maximum Gasteiger partial charge on any atom is 0.146 e. The number of pyridine rings is 1. The summed E-state index contributed by atoms with van der Waals surface area (Å²) in [6.07, 6.45) is 3.61. The van der Waals surface area contributed by atoms with Crippen LogP contribution in [0.1, 0.15) is 11.1 Å². The third-order valence-electron chi connectivity index (χ3n) is 2.95. The maximum atomic E-state index is 5.89. The minimum Gasteiger partial charge on any atom is -0.455 e. The highest BCUT2D eigenvalue weighted by Gasteiger charge is 2.04.